The van der Waals surface area contributed by atoms with Crippen LogP contribution in [-0.4, -0.2) is 31.1 Å². The maximum atomic E-state index is 3.85. The summed E-state index contributed by atoms with van der Waals surface area (Å²) in [5.74, 6) is 0. The molecule has 0 unspecified atom stereocenters. The van der Waals surface area contributed by atoms with Crippen LogP contribution in [0.15, 0.2) is 83.6 Å². The highest BCUT2D eigenvalue weighted by Crippen LogP contribution is 2.47. The highest BCUT2D eigenvalue weighted by molar-refractivity contribution is 7.99. The van der Waals surface area contributed by atoms with Gasteiger partial charge in [0.15, 0.2) is 0 Å². The minimum atomic E-state index is 0.912. The molecule has 24 heavy (non-hydrogen) atoms. The molecule has 2 aromatic carbocycles. The SMILES string of the molecule is C=CCN(CC=C)CCCN1c2ccccc2Sc2ccccc21. The number of nitrogens with zero attached hydrogens (tertiary/aromatic N) is 2. The molecule has 0 aliphatic carbocycles. The van der Waals surface area contributed by atoms with Gasteiger partial charge in [0.05, 0.1) is 11.4 Å². The molecule has 0 spiro atoms. The number of rotatable bonds is 8. The maximum Gasteiger partial charge on any atom is 0.0552 e. The Kier molecular flexibility index (Phi) is 5.78. The van der Waals surface area contributed by atoms with Crippen molar-refractivity contribution >= 4 is 23.1 Å². The van der Waals surface area contributed by atoms with Crippen LogP contribution in [0.3, 0.4) is 0 Å². The molecule has 124 valence electrons. The van der Waals surface area contributed by atoms with E-state index in [1.165, 1.54) is 21.2 Å². The predicted molar refractivity (Wildman–Crippen MR) is 105 cm³/mol. The third kappa shape index (κ3) is 3.74. The van der Waals surface area contributed by atoms with Crippen molar-refractivity contribution in [3.8, 4) is 0 Å². The predicted octanol–water partition coefficient (Wildman–Crippen LogP) is 5.35. The van der Waals surface area contributed by atoms with Gasteiger partial charge in [-0.1, -0.05) is 48.2 Å². The Morgan fingerprint density at radius 3 is 1.96 bits per heavy atom. The zero-order valence-corrected chi connectivity index (χ0v) is 14.8. The first kappa shape index (κ1) is 16.9. The lowest BCUT2D eigenvalue weighted by Crippen LogP contribution is -2.29. The van der Waals surface area contributed by atoms with Crippen molar-refractivity contribution < 1.29 is 0 Å². The Morgan fingerprint density at radius 2 is 1.42 bits per heavy atom. The highest BCUT2D eigenvalue weighted by Gasteiger charge is 2.22. The van der Waals surface area contributed by atoms with Crippen LogP contribution in [0, 0.1) is 0 Å². The van der Waals surface area contributed by atoms with Gasteiger partial charge in [0.2, 0.25) is 0 Å². The fraction of sp³-hybridized carbons (Fsp3) is 0.238. The lowest BCUT2D eigenvalue weighted by Gasteiger charge is -2.33. The standard InChI is InChI=1S/C21H24N2S/c1-3-14-22(15-4-2)16-9-17-23-18-10-5-7-12-20(18)24-21-13-8-6-11-19(21)23/h3-8,10-13H,1-2,9,14-17H2. The zero-order chi connectivity index (χ0) is 16.8. The van der Waals surface area contributed by atoms with Gasteiger partial charge in [-0.3, -0.25) is 4.90 Å². The topological polar surface area (TPSA) is 6.48 Å². The van der Waals surface area contributed by atoms with E-state index in [0.717, 1.165) is 32.6 Å². The van der Waals surface area contributed by atoms with Crippen LogP contribution in [0.2, 0.25) is 0 Å². The number of para-hydroxylation sites is 2. The van der Waals surface area contributed by atoms with Crippen LogP contribution in [0.1, 0.15) is 6.42 Å². The largest absolute Gasteiger partial charge is 0.340 e. The Bertz CT molecular complexity index is 655. The van der Waals surface area contributed by atoms with Crippen molar-refractivity contribution in [1.29, 1.82) is 0 Å². The smallest absolute Gasteiger partial charge is 0.0552 e. The van der Waals surface area contributed by atoms with Crippen LogP contribution in [0.25, 0.3) is 0 Å². The van der Waals surface area contributed by atoms with Crippen LogP contribution in [0.4, 0.5) is 11.4 Å². The molecule has 3 heteroatoms. The average molecular weight is 337 g/mol. The lowest BCUT2D eigenvalue weighted by atomic mass is 10.2. The molecular weight excluding hydrogens is 312 g/mol. The normalized spacial score (nSPS) is 12.6. The Labute approximate surface area is 149 Å². The summed E-state index contributed by atoms with van der Waals surface area (Å²) in [6.45, 7) is 11.6. The second kappa shape index (κ2) is 8.22. The van der Waals surface area contributed by atoms with Crippen molar-refractivity contribution in [1.82, 2.24) is 4.90 Å². The minimum Gasteiger partial charge on any atom is -0.340 e. The molecule has 0 aromatic heterocycles. The Morgan fingerprint density at radius 1 is 0.875 bits per heavy atom. The third-order valence-corrected chi connectivity index (χ3v) is 5.29. The van der Waals surface area contributed by atoms with Gasteiger partial charge < -0.3 is 4.90 Å². The van der Waals surface area contributed by atoms with Crippen LogP contribution in [-0.2, 0) is 0 Å². The number of hydrogen-bond donors (Lipinski definition) is 0. The number of benzene rings is 2. The summed E-state index contributed by atoms with van der Waals surface area (Å²) in [6.07, 6.45) is 5.03. The molecule has 1 aliphatic rings. The minimum absolute atomic E-state index is 0.912. The molecule has 0 saturated carbocycles. The Balaban J connectivity index is 1.75. The molecule has 0 radical (unpaired) electrons. The van der Waals surface area contributed by atoms with Gasteiger partial charge in [-0.2, -0.15) is 0 Å². The monoisotopic (exact) mass is 336 g/mol. The van der Waals surface area contributed by atoms with E-state index < -0.39 is 0 Å². The first-order valence-corrected chi connectivity index (χ1v) is 9.22. The van der Waals surface area contributed by atoms with Gasteiger partial charge in [-0.05, 0) is 30.7 Å². The van der Waals surface area contributed by atoms with Crippen molar-refractivity contribution in [3.05, 3.63) is 73.8 Å². The molecule has 1 heterocycles. The van der Waals surface area contributed by atoms with E-state index in [2.05, 4.69) is 71.5 Å². The molecule has 3 rings (SSSR count). The van der Waals surface area contributed by atoms with Crippen LogP contribution < -0.4 is 4.90 Å². The molecule has 0 saturated heterocycles. The molecule has 0 fully saturated rings. The van der Waals surface area contributed by atoms with Gasteiger partial charge in [0, 0.05) is 36.0 Å². The molecule has 0 N–H and O–H groups in total. The van der Waals surface area contributed by atoms with Crippen molar-refractivity contribution in [2.24, 2.45) is 0 Å². The highest BCUT2D eigenvalue weighted by atomic mass is 32.2. The Hall–Kier alpha value is -1.97. The summed E-state index contributed by atoms with van der Waals surface area (Å²) in [6, 6.07) is 17.4. The molecule has 0 bridgehead atoms. The van der Waals surface area contributed by atoms with E-state index in [1.807, 2.05) is 23.9 Å². The first-order chi connectivity index (χ1) is 11.8. The van der Waals surface area contributed by atoms with E-state index in [1.54, 1.807) is 0 Å². The second-order valence-electron chi connectivity index (χ2n) is 5.88. The molecule has 2 aromatic rings. The molecule has 0 atom stereocenters. The van der Waals surface area contributed by atoms with Gasteiger partial charge in [-0.15, -0.1) is 13.2 Å². The number of anilines is 2. The van der Waals surface area contributed by atoms with Gasteiger partial charge in [-0.25, -0.2) is 0 Å². The maximum absolute atomic E-state index is 3.85. The van der Waals surface area contributed by atoms with Crippen LogP contribution >= 0.6 is 11.8 Å². The van der Waals surface area contributed by atoms with Gasteiger partial charge >= 0.3 is 0 Å². The van der Waals surface area contributed by atoms with E-state index in [-0.39, 0.29) is 0 Å². The van der Waals surface area contributed by atoms with Gasteiger partial charge in [0.1, 0.15) is 0 Å². The molecule has 1 aliphatic heterocycles. The quantitative estimate of drug-likeness (QED) is 0.600. The fourth-order valence-corrected chi connectivity index (χ4v) is 4.19. The van der Waals surface area contributed by atoms with E-state index in [4.69, 9.17) is 0 Å². The van der Waals surface area contributed by atoms with Crippen molar-refractivity contribution in [3.63, 3.8) is 0 Å². The first-order valence-electron chi connectivity index (χ1n) is 8.41. The van der Waals surface area contributed by atoms with Crippen LogP contribution in [0.5, 0.6) is 0 Å². The van der Waals surface area contributed by atoms with Crippen molar-refractivity contribution in [2.45, 2.75) is 16.2 Å². The zero-order valence-electron chi connectivity index (χ0n) is 14.0. The molecular formula is C21H24N2S. The second-order valence-corrected chi connectivity index (χ2v) is 6.96. The summed E-state index contributed by atoms with van der Waals surface area (Å²) < 4.78 is 0. The molecule has 2 nitrogen and oxygen atoms in total. The summed E-state index contributed by atoms with van der Waals surface area (Å²) in [5, 5.41) is 0. The number of hydrogen-bond acceptors (Lipinski definition) is 3. The van der Waals surface area contributed by atoms with Gasteiger partial charge in [0.25, 0.3) is 0 Å². The summed E-state index contributed by atoms with van der Waals surface area (Å²) in [4.78, 5) is 7.51. The summed E-state index contributed by atoms with van der Waals surface area (Å²) in [7, 11) is 0. The van der Waals surface area contributed by atoms with E-state index >= 15 is 0 Å². The lowest BCUT2D eigenvalue weighted by molar-refractivity contribution is 0.332. The fourth-order valence-electron chi connectivity index (χ4n) is 3.10. The van der Waals surface area contributed by atoms with E-state index in [9.17, 15) is 0 Å². The van der Waals surface area contributed by atoms with E-state index in [0.29, 0.717) is 0 Å². The summed E-state index contributed by atoms with van der Waals surface area (Å²) in [5.41, 5.74) is 2.64. The van der Waals surface area contributed by atoms with Crippen molar-refractivity contribution in [2.75, 3.05) is 31.1 Å². The summed E-state index contributed by atoms with van der Waals surface area (Å²) >= 11 is 1.86. The number of fused-ring (bicyclic) bond motifs is 2. The average Bonchev–Trinajstić information content (AvgIpc) is 2.61. The molecule has 0 amide bonds. The third-order valence-electron chi connectivity index (χ3n) is 4.16.